The number of carbonyl (C=O) groups is 1. The Kier molecular flexibility index (Phi) is 8.90. The highest BCUT2D eigenvalue weighted by atomic mass is 16.1. The Bertz CT molecular complexity index is 1020. The van der Waals surface area contributed by atoms with E-state index in [0.29, 0.717) is 5.78 Å². The molecule has 32 heavy (non-hydrogen) atoms. The number of aryl methyl sites for hydroxylation is 3. The Morgan fingerprint density at radius 3 is 2.31 bits per heavy atom. The topological polar surface area (TPSA) is 29.1 Å². The zero-order chi connectivity index (χ0) is 23.9. The first kappa shape index (κ1) is 25.5. The first-order chi connectivity index (χ1) is 15.1. The fraction of sp³-hybridized carbons (Fsp3) is 0.433. The maximum atomic E-state index is 12.9. The van der Waals surface area contributed by atoms with Crippen LogP contribution in [0.1, 0.15) is 75.8 Å². The maximum absolute atomic E-state index is 12.9. The van der Waals surface area contributed by atoms with E-state index in [1.165, 1.54) is 16.7 Å². The molecular formula is C30H39NO. The predicted octanol–water partition coefficient (Wildman–Crippen LogP) is 6.65. The van der Waals surface area contributed by atoms with Crippen molar-refractivity contribution in [1.29, 1.82) is 0 Å². The Balaban J connectivity index is 2.18. The molecule has 0 fully saturated rings. The highest BCUT2D eigenvalue weighted by Gasteiger charge is 2.33. The molecule has 0 saturated heterocycles. The van der Waals surface area contributed by atoms with E-state index in [4.69, 9.17) is 6.42 Å². The van der Waals surface area contributed by atoms with Gasteiger partial charge in [0.1, 0.15) is 5.78 Å². The second kappa shape index (κ2) is 11.2. The van der Waals surface area contributed by atoms with E-state index >= 15 is 0 Å². The summed E-state index contributed by atoms with van der Waals surface area (Å²) in [4.78, 5) is 12.9. The van der Waals surface area contributed by atoms with E-state index in [1.54, 1.807) is 0 Å². The van der Waals surface area contributed by atoms with E-state index in [0.717, 1.165) is 48.2 Å². The lowest BCUT2D eigenvalue weighted by atomic mass is 9.74. The minimum Gasteiger partial charge on any atom is -0.378 e. The molecule has 0 radical (unpaired) electrons. The maximum Gasteiger partial charge on any atom is 0.145 e. The summed E-state index contributed by atoms with van der Waals surface area (Å²) in [5, 5.41) is 3.27. The fourth-order valence-electron chi connectivity index (χ4n) is 4.38. The third-order valence-electron chi connectivity index (χ3n) is 6.58. The van der Waals surface area contributed by atoms with Crippen molar-refractivity contribution in [2.45, 2.75) is 73.1 Å². The Hall–Kier alpha value is -2.79. The van der Waals surface area contributed by atoms with Crippen LogP contribution in [-0.4, -0.2) is 12.3 Å². The van der Waals surface area contributed by atoms with Crippen molar-refractivity contribution in [1.82, 2.24) is 5.32 Å². The summed E-state index contributed by atoms with van der Waals surface area (Å²) in [6, 6.07) is 15.2. The van der Waals surface area contributed by atoms with Gasteiger partial charge in [-0.05, 0) is 87.3 Å². The highest BCUT2D eigenvalue weighted by molar-refractivity contribution is 5.91. The van der Waals surface area contributed by atoms with Gasteiger partial charge in [-0.2, -0.15) is 0 Å². The molecule has 170 valence electrons. The van der Waals surface area contributed by atoms with Gasteiger partial charge in [-0.3, -0.25) is 4.79 Å². The van der Waals surface area contributed by atoms with Crippen LogP contribution in [0.2, 0.25) is 0 Å². The molecule has 2 nitrogen and oxygen atoms in total. The number of rotatable bonds is 10. The van der Waals surface area contributed by atoms with E-state index < -0.39 is 5.41 Å². The van der Waals surface area contributed by atoms with Crippen LogP contribution in [0.3, 0.4) is 0 Å². The number of ketones is 1. The van der Waals surface area contributed by atoms with Crippen molar-refractivity contribution in [2.75, 3.05) is 6.54 Å². The number of carbonyl (C=O) groups excluding carboxylic acids is 1. The quantitative estimate of drug-likeness (QED) is 0.429. The first-order valence-electron chi connectivity index (χ1n) is 11.8. The molecule has 2 heteroatoms. The van der Waals surface area contributed by atoms with Gasteiger partial charge < -0.3 is 5.32 Å². The molecule has 0 amide bonds. The third-order valence-corrected chi connectivity index (χ3v) is 6.58. The standard InChI is InChI=1S/C30H39NO/c1-9-21(4)29(32)30(7,8)27-18-17-25(19-22(27)5)16-15-24-13-12-14-26(20-24)23(6)28(10-2)31-11-3/h2,12-14,17-21,31H,9,11,15-16H2,1,3-8H3/b28-23+. The summed E-state index contributed by atoms with van der Waals surface area (Å²) in [7, 11) is 0. The molecule has 2 aromatic carbocycles. The highest BCUT2D eigenvalue weighted by Crippen LogP contribution is 2.31. The molecule has 2 aromatic rings. The van der Waals surface area contributed by atoms with Gasteiger partial charge in [0.05, 0.1) is 5.70 Å². The number of benzene rings is 2. The Morgan fingerprint density at radius 2 is 1.75 bits per heavy atom. The summed E-state index contributed by atoms with van der Waals surface area (Å²) in [6.45, 7) is 15.3. The van der Waals surface area contributed by atoms with E-state index in [-0.39, 0.29) is 5.92 Å². The lowest BCUT2D eigenvalue weighted by molar-refractivity contribution is -0.127. The molecule has 0 aliphatic rings. The van der Waals surface area contributed by atoms with Crippen molar-refractivity contribution in [3.05, 3.63) is 76.0 Å². The molecule has 0 saturated carbocycles. The average molecular weight is 430 g/mol. The van der Waals surface area contributed by atoms with Crippen molar-refractivity contribution < 1.29 is 4.79 Å². The van der Waals surface area contributed by atoms with Gasteiger partial charge in [-0.15, -0.1) is 6.42 Å². The monoisotopic (exact) mass is 429 g/mol. The third kappa shape index (κ3) is 5.92. The summed E-state index contributed by atoms with van der Waals surface area (Å²) < 4.78 is 0. The van der Waals surface area contributed by atoms with Crippen molar-refractivity contribution in [3.8, 4) is 12.3 Å². The number of nitrogens with one attached hydrogen (secondary N) is 1. The van der Waals surface area contributed by atoms with E-state index in [1.807, 2.05) is 6.92 Å². The van der Waals surface area contributed by atoms with Crippen molar-refractivity contribution in [3.63, 3.8) is 0 Å². The number of hydrogen-bond donors (Lipinski definition) is 1. The van der Waals surface area contributed by atoms with Crippen LogP contribution >= 0.6 is 0 Å². The Morgan fingerprint density at radius 1 is 1.09 bits per heavy atom. The van der Waals surface area contributed by atoms with Crippen molar-refractivity contribution >= 4 is 11.4 Å². The molecule has 0 aliphatic carbocycles. The molecule has 0 aromatic heterocycles. The predicted molar refractivity (Wildman–Crippen MR) is 138 cm³/mol. The van der Waals surface area contributed by atoms with Gasteiger partial charge in [-0.25, -0.2) is 0 Å². The number of Topliss-reactive ketones (excluding diaryl/α,β-unsaturated/α-hetero) is 1. The number of allylic oxidation sites excluding steroid dienone is 2. The smallest absolute Gasteiger partial charge is 0.145 e. The molecule has 0 spiro atoms. The van der Waals surface area contributed by atoms with Crippen LogP contribution in [0.4, 0.5) is 0 Å². The largest absolute Gasteiger partial charge is 0.378 e. The minimum absolute atomic E-state index is 0.0800. The van der Waals surface area contributed by atoms with E-state index in [9.17, 15) is 4.79 Å². The van der Waals surface area contributed by atoms with Gasteiger partial charge in [0.25, 0.3) is 0 Å². The van der Waals surface area contributed by atoms with Crippen LogP contribution < -0.4 is 5.32 Å². The molecule has 1 unspecified atom stereocenters. The molecule has 0 bridgehead atoms. The summed E-state index contributed by atoms with van der Waals surface area (Å²) in [5.41, 5.74) is 7.58. The van der Waals surface area contributed by atoms with Crippen molar-refractivity contribution in [2.24, 2.45) is 5.92 Å². The molecule has 0 aliphatic heterocycles. The molecule has 0 heterocycles. The lowest BCUT2D eigenvalue weighted by Crippen LogP contribution is -2.34. The second-order valence-electron chi connectivity index (χ2n) is 9.32. The van der Waals surface area contributed by atoms with Crippen LogP contribution in [-0.2, 0) is 23.1 Å². The lowest BCUT2D eigenvalue weighted by Gasteiger charge is -2.28. The molecular weight excluding hydrogens is 390 g/mol. The SMILES string of the molecule is C#C/C(NCC)=C(/C)c1cccc(CCc2ccc(C(C)(C)C(=O)C(C)CC)c(C)c2)c1. The van der Waals surface area contributed by atoms with E-state index in [2.05, 4.69) is 95.2 Å². The molecule has 1 N–H and O–H groups in total. The summed E-state index contributed by atoms with van der Waals surface area (Å²) in [6.07, 6.45) is 8.48. The zero-order valence-corrected chi connectivity index (χ0v) is 20.9. The van der Waals surface area contributed by atoms with Crippen LogP contribution in [0.25, 0.3) is 5.57 Å². The molecule has 1 atom stereocenters. The first-order valence-corrected chi connectivity index (χ1v) is 11.8. The molecule has 2 rings (SSSR count). The summed E-state index contributed by atoms with van der Waals surface area (Å²) >= 11 is 0. The van der Waals surface area contributed by atoms with Crippen LogP contribution in [0, 0.1) is 25.2 Å². The second-order valence-corrected chi connectivity index (χ2v) is 9.32. The fourth-order valence-corrected chi connectivity index (χ4v) is 4.38. The number of terminal acetylenes is 1. The average Bonchev–Trinajstić information content (AvgIpc) is 2.79. The van der Waals surface area contributed by atoms with Gasteiger partial charge >= 0.3 is 0 Å². The van der Waals surface area contributed by atoms with Crippen LogP contribution in [0.5, 0.6) is 0 Å². The Labute approximate surface area is 195 Å². The normalized spacial score (nSPS) is 13.2. The van der Waals surface area contributed by atoms with Gasteiger partial charge in [0.2, 0.25) is 0 Å². The zero-order valence-electron chi connectivity index (χ0n) is 20.9. The minimum atomic E-state index is -0.461. The summed E-state index contributed by atoms with van der Waals surface area (Å²) in [5.74, 6) is 3.16. The number of hydrogen-bond acceptors (Lipinski definition) is 2. The van der Waals surface area contributed by atoms with Gasteiger partial charge in [0, 0.05) is 17.9 Å². The van der Waals surface area contributed by atoms with Crippen LogP contribution in [0.15, 0.2) is 48.2 Å². The van der Waals surface area contributed by atoms with Gasteiger partial charge in [0.15, 0.2) is 0 Å². The van der Waals surface area contributed by atoms with Gasteiger partial charge in [-0.1, -0.05) is 62.2 Å².